The number of carboxylic acid groups (broad SMARTS) is 1. The molecule has 5 nitrogen and oxygen atoms in total. The summed E-state index contributed by atoms with van der Waals surface area (Å²) in [6.45, 7) is 5.67. The van der Waals surface area contributed by atoms with Gasteiger partial charge in [-0.15, -0.1) is 0 Å². The number of carbonyl (C=O) groups excluding carboxylic acids is 1. The van der Waals surface area contributed by atoms with E-state index in [1.54, 1.807) is 19.9 Å². The topological polar surface area (TPSA) is 69.6 Å². The predicted molar refractivity (Wildman–Crippen MR) is 78.8 cm³/mol. The van der Waals surface area contributed by atoms with Gasteiger partial charge < -0.3 is 10.4 Å². The predicted octanol–water partition coefficient (Wildman–Crippen LogP) is 2.86. The SMILES string of the molecule is CCC(C)[C@H](NC(=O)N(CC)c1cccc(F)c1)C(=O)O. The Hall–Kier alpha value is -2.11. The normalized spacial score (nSPS) is 13.3. The first-order chi connectivity index (χ1) is 9.90. The first-order valence-electron chi connectivity index (χ1n) is 6.97. The van der Waals surface area contributed by atoms with Crippen LogP contribution in [-0.2, 0) is 4.79 Å². The van der Waals surface area contributed by atoms with Gasteiger partial charge in [0.2, 0.25) is 0 Å². The van der Waals surface area contributed by atoms with Crippen LogP contribution < -0.4 is 10.2 Å². The Morgan fingerprint density at radius 2 is 2.05 bits per heavy atom. The van der Waals surface area contributed by atoms with E-state index in [1.807, 2.05) is 6.92 Å². The lowest BCUT2D eigenvalue weighted by molar-refractivity contribution is -0.140. The summed E-state index contributed by atoms with van der Waals surface area (Å²) >= 11 is 0. The molecule has 0 radical (unpaired) electrons. The number of carboxylic acids is 1. The second-order valence-electron chi connectivity index (χ2n) is 4.88. The maximum absolute atomic E-state index is 13.2. The Kier molecular flexibility index (Phi) is 6.14. The molecular weight excluding hydrogens is 275 g/mol. The first-order valence-corrected chi connectivity index (χ1v) is 6.97. The standard InChI is InChI=1S/C15H21FN2O3/c1-4-10(3)13(14(19)20)17-15(21)18(5-2)12-8-6-7-11(16)9-12/h6-10,13H,4-5H2,1-3H3,(H,17,21)(H,19,20)/t10?,13-/m0/s1. The monoisotopic (exact) mass is 296 g/mol. The molecule has 0 spiro atoms. The number of nitrogens with one attached hydrogen (secondary N) is 1. The van der Waals surface area contributed by atoms with Crippen molar-refractivity contribution in [2.24, 2.45) is 5.92 Å². The zero-order valence-electron chi connectivity index (χ0n) is 12.5. The lowest BCUT2D eigenvalue weighted by Crippen LogP contribution is -2.50. The summed E-state index contributed by atoms with van der Waals surface area (Å²) in [6, 6.07) is 4.12. The van der Waals surface area contributed by atoms with E-state index in [2.05, 4.69) is 5.32 Å². The van der Waals surface area contributed by atoms with Gasteiger partial charge in [0, 0.05) is 12.2 Å². The molecule has 0 saturated carbocycles. The molecule has 1 aromatic rings. The zero-order chi connectivity index (χ0) is 16.0. The molecule has 21 heavy (non-hydrogen) atoms. The van der Waals surface area contributed by atoms with Gasteiger partial charge in [0.15, 0.2) is 0 Å². The number of anilines is 1. The molecule has 6 heteroatoms. The quantitative estimate of drug-likeness (QED) is 0.848. The van der Waals surface area contributed by atoms with Crippen molar-refractivity contribution < 1.29 is 19.1 Å². The molecule has 0 aromatic heterocycles. The van der Waals surface area contributed by atoms with Crippen molar-refractivity contribution in [2.75, 3.05) is 11.4 Å². The third kappa shape index (κ3) is 4.44. The highest BCUT2D eigenvalue weighted by Gasteiger charge is 2.27. The van der Waals surface area contributed by atoms with Crippen molar-refractivity contribution >= 4 is 17.7 Å². The van der Waals surface area contributed by atoms with Crippen LogP contribution in [0, 0.1) is 11.7 Å². The summed E-state index contributed by atoms with van der Waals surface area (Å²) in [5, 5.41) is 11.7. The van der Waals surface area contributed by atoms with E-state index < -0.39 is 23.9 Å². The van der Waals surface area contributed by atoms with Crippen molar-refractivity contribution in [1.29, 1.82) is 0 Å². The largest absolute Gasteiger partial charge is 0.480 e. The molecule has 2 N–H and O–H groups in total. The van der Waals surface area contributed by atoms with Crippen LogP contribution in [0.1, 0.15) is 27.2 Å². The van der Waals surface area contributed by atoms with Crippen molar-refractivity contribution in [3.63, 3.8) is 0 Å². The van der Waals surface area contributed by atoms with Crippen LogP contribution >= 0.6 is 0 Å². The molecule has 0 bridgehead atoms. The average molecular weight is 296 g/mol. The van der Waals surface area contributed by atoms with Crippen LogP contribution in [0.2, 0.25) is 0 Å². The molecule has 0 aliphatic carbocycles. The third-order valence-corrected chi connectivity index (χ3v) is 3.44. The lowest BCUT2D eigenvalue weighted by Gasteiger charge is -2.26. The maximum Gasteiger partial charge on any atom is 0.326 e. The van der Waals surface area contributed by atoms with Crippen LogP contribution in [0.25, 0.3) is 0 Å². The molecule has 0 heterocycles. The van der Waals surface area contributed by atoms with E-state index in [4.69, 9.17) is 0 Å². The van der Waals surface area contributed by atoms with Crippen molar-refractivity contribution in [1.82, 2.24) is 5.32 Å². The smallest absolute Gasteiger partial charge is 0.326 e. The summed E-state index contributed by atoms with van der Waals surface area (Å²) in [7, 11) is 0. The number of rotatable bonds is 6. The first kappa shape index (κ1) is 16.9. The van der Waals surface area contributed by atoms with Gasteiger partial charge in [-0.05, 0) is 31.0 Å². The summed E-state index contributed by atoms with van der Waals surface area (Å²) < 4.78 is 13.2. The van der Waals surface area contributed by atoms with Crippen LogP contribution in [0.5, 0.6) is 0 Å². The van der Waals surface area contributed by atoms with Crippen molar-refractivity contribution in [3.8, 4) is 0 Å². The summed E-state index contributed by atoms with van der Waals surface area (Å²) in [5.74, 6) is -1.72. The molecule has 0 aliphatic rings. The van der Waals surface area contributed by atoms with E-state index in [9.17, 15) is 19.1 Å². The molecule has 116 valence electrons. The van der Waals surface area contributed by atoms with Gasteiger partial charge in [-0.2, -0.15) is 0 Å². The molecule has 1 unspecified atom stereocenters. The fourth-order valence-electron chi connectivity index (χ4n) is 1.98. The number of nitrogens with zero attached hydrogens (tertiary/aromatic N) is 1. The minimum absolute atomic E-state index is 0.197. The molecule has 2 amide bonds. The Bertz CT molecular complexity index is 507. The van der Waals surface area contributed by atoms with Gasteiger partial charge in [0.25, 0.3) is 0 Å². The molecule has 0 fully saturated rings. The molecule has 2 atom stereocenters. The van der Waals surface area contributed by atoms with Gasteiger partial charge in [-0.3, -0.25) is 4.90 Å². The lowest BCUT2D eigenvalue weighted by atomic mass is 9.99. The number of halogens is 1. The minimum atomic E-state index is -1.08. The minimum Gasteiger partial charge on any atom is -0.480 e. The number of carbonyl (C=O) groups is 2. The Morgan fingerprint density at radius 1 is 1.38 bits per heavy atom. The number of aliphatic carboxylic acids is 1. The number of amides is 2. The maximum atomic E-state index is 13.2. The summed E-state index contributed by atoms with van der Waals surface area (Å²) in [5.41, 5.74) is 0.392. The second kappa shape index (κ2) is 7.61. The third-order valence-electron chi connectivity index (χ3n) is 3.44. The fraction of sp³-hybridized carbons (Fsp3) is 0.467. The van der Waals surface area contributed by atoms with Crippen LogP contribution in [0.15, 0.2) is 24.3 Å². The fourth-order valence-corrected chi connectivity index (χ4v) is 1.98. The van der Waals surface area contributed by atoms with Gasteiger partial charge in [0.1, 0.15) is 11.9 Å². The Morgan fingerprint density at radius 3 is 2.52 bits per heavy atom. The van der Waals surface area contributed by atoms with E-state index in [0.717, 1.165) is 0 Å². The van der Waals surface area contributed by atoms with E-state index in [0.29, 0.717) is 18.7 Å². The Balaban J connectivity index is 2.91. The highest BCUT2D eigenvalue weighted by Crippen LogP contribution is 2.16. The van der Waals surface area contributed by atoms with Crippen LogP contribution in [0.3, 0.4) is 0 Å². The number of benzene rings is 1. The van der Waals surface area contributed by atoms with Crippen molar-refractivity contribution in [2.45, 2.75) is 33.2 Å². The number of urea groups is 1. The molecule has 0 aliphatic heterocycles. The second-order valence-corrected chi connectivity index (χ2v) is 4.88. The Labute approximate surface area is 123 Å². The van der Waals surface area contributed by atoms with E-state index in [1.165, 1.54) is 23.1 Å². The van der Waals surface area contributed by atoms with Gasteiger partial charge in [-0.1, -0.05) is 26.3 Å². The molecule has 1 aromatic carbocycles. The van der Waals surface area contributed by atoms with Crippen LogP contribution in [0.4, 0.5) is 14.9 Å². The summed E-state index contributed by atoms with van der Waals surface area (Å²) in [4.78, 5) is 24.8. The number of hydrogen-bond acceptors (Lipinski definition) is 2. The highest BCUT2D eigenvalue weighted by molar-refractivity contribution is 5.94. The summed E-state index contributed by atoms with van der Waals surface area (Å²) in [6.07, 6.45) is 0.628. The van der Waals surface area contributed by atoms with E-state index in [-0.39, 0.29) is 5.92 Å². The van der Waals surface area contributed by atoms with Gasteiger partial charge in [0.05, 0.1) is 0 Å². The molecule has 1 rings (SSSR count). The van der Waals surface area contributed by atoms with Gasteiger partial charge in [-0.25, -0.2) is 14.0 Å². The van der Waals surface area contributed by atoms with Crippen molar-refractivity contribution in [3.05, 3.63) is 30.1 Å². The number of hydrogen-bond donors (Lipinski definition) is 2. The highest BCUT2D eigenvalue weighted by atomic mass is 19.1. The average Bonchev–Trinajstić information content (AvgIpc) is 2.44. The van der Waals surface area contributed by atoms with Crippen LogP contribution in [-0.4, -0.2) is 29.7 Å². The molecular formula is C15H21FN2O3. The zero-order valence-corrected chi connectivity index (χ0v) is 12.5. The van der Waals surface area contributed by atoms with E-state index >= 15 is 0 Å². The van der Waals surface area contributed by atoms with Gasteiger partial charge >= 0.3 is 12.0 Å². The molecule has 0 saturated heterocycles.